The SMILES string of the molecule is CCOC(=O)N1c2cc(C(F)(F)F)c(Br)cc2[C@@H](N(Cc2cc(C(F)(F)F)cc(C(F)(F)F)c2)C(=O)OC)C[C@H]1C. The van der Waals surface area contributed by atoms with Crippen LogP contribution >= 0.6 is 15.9 Å². The topological polar surface area (TPSA) is 59.1 Å². The molecule has 41 heavy (non-hydrogen) atoms. The van der Waals surface area contributed by atoms with E-state index >= 15 is 0 Å². The summed E-state index contributed by atoms with van der Waals surface area (Å²) in [6.45, 7) is 1.95. The molecule has 0 unspecified atom stereocenters. The third kappa shape index (κ3) is 7.01. The molecule has 16 heteroatoms. The molecule has 3 rings (SSSR count). The zero-order chi connectivity index (χ0) is 31.1. The number of hydrogen-bond donors (Lipinski definition) is 0. The number of amides is 2. The second-order valence-corrected chi connectivity index (χ2v) is 9.92. The largest absolute Gasteiger partial charge is 0.453 e. The number of benzene rings is 2. The zero-order valence-electron chi connectivity index (χ0n) is 21.5. The van der Waals surface area contributed by atoms with E-state index in [4.69, 9.17) is 9.47 Å². The lowest BCUT2D eigenvalue weighted by Gasteiger charge is -2.43. The third-order valence-corrected chi connectivity index (χ3v) is 6.95. The van der Waals surface area contributed by atoms with Crippen molar-refractivity contribution in [1.29, 1.82) is 0 Å². The van der Waals surface area contributed by atoms with E-state index in [9.17, 15) is 49.1 Å². The summed E-state index contributed by atoms with van der Waals surface area (Å²) < 4.78 is 131. The monoisotopic (exact) mass is 664 g/mol. The lowest BCUT2D eigenvalue weighted by Crippen LogP contribution is -2.47. The fourth-order valence-electron chi connectivity index (χ4n) is 4.56. The molecule has 0 radical (unpaired) electrons. The number of nitrogens with zero attached hydrogens (tertiary/aromatic N) is 2. The first-order valence-electron chi connectivity index (χ1n) is 11.8. The lowest BCUT2D eigenvalue weighted by atomic mass is 9.89. The fraction of sp³-hybridized carbons (Fsp3) is 0.440. The summed E-state index contributed by atoms with van der Waals surface area (Å²) in [5.74, 6) is 0. The molecule has 0 N–H and O–H groups in total. The van der Waals surface area contributed by atoms with Crippen LogP contribution in [0.5, 0.6) is 0 Å². The molecule has 6 nitrogen and oxygen atoms in total. The second kappa shape index (κ2) is 11.6. The van der Waals surface area contributed by atoms with Crippen molar-refractivity contribution in [2.45, 2.75) is 57.4 Å². The van der Waals surface area contributed by atoms with Crippen molar-refractivity contribution in [3.63, 3.8) is 0 Å². The molecule has 0 aliphatic carbocycles. The minimum atomic E-state index is -5.16. The molecule has 2 aromatic rings. The van der Waals surface area contributed by atoms with Gasteiger partial charge in [0.15, 0.2) is 0 Å². The number of alkyl halides is 9. The number of methoxy groups -OCH3 is 1. The minimum Gasteiger partial charge on any atom is -0.453 e. The molecule has 226 valence electrons. The Morgan fingerprint density at radius 3 is 1.98 bits per heavy atom. The number of rotatable bonds is 4. The first-order valence-corrected chi connectivity index (χ1v) is 12.6. The number of halogens is 10. The average Bonchev–Trinajstić information content (AvgIpc) is 2.84. The van der Waals surface area contributed by atoms with Gasteiger partial charge in [0, 0.05) is 17.1 Å². The van der Waals surface area contributed by atoms with Crippen molar-refractivity contribution >= 4 is 33.8 Å². The fourth-order valence-corrected chi connectivity index (χ4v) is 5.14. The Kier molecular flexibility index (Phi) is 9.16. The van der Waals surface area contributed by atoms with Gasteiger partial charge in [-0.05, 0) is 61.7 Å². The van der Waals surface area contributed by atoms with E-state index in [1.54, 1.807) is 0 Å². The quantitative estimate of drug-likeness (QED) is 0.307. The Morgan fingerprint density at radius 1 is 0.951 bits per heavy atom. The third-order valence-electron chi connectivity index (χ3n) is 6.30. The maximum atomic E-state index is 13.8. The van der Waals surface area contributed by atoms with Gasteiger partial charge in [0.2, 0.25) is 0 Å². The summed E-state index contributed by atoms with van der Waals surface area (Å²) in [4.78, 5) is 27.4. The number of carbonyl (C=O) groups is 2. The molecule has 2 amide bonds. The number of anilines is 1. The van der Waals surface area contributed by atoms with Gasteiger partial charge >= 0.3 is 30.7 Å². The van der Waals surface area contributed by atoms with Crippen molar-refractivity contribution in [2.75, 3.05) is 18.6 Å². The summed E-state index contributed by atoms with van der Waals surface area (Å²) in [6.07, 6.45) is -17.5. The van der Waals surface area contributed by atoms with Gasteiger partial charge in [0.25, 0.3) is 0 Å². The number of carbonyl (C=O) groups excluding carboxylic acids is 2. The van der Waals surface area contributed by atoms with Crippen LogP contribution in [0.1, 0.15) is 54.1 Å². The molecule has 0 saturated carbocycles. The van der Waals surface area contributed by atoms with Crippen molar-refractivity contribution in [3.8, 4) is 0 Å². The summed E-state index contributed by atoms with van der Waals surface area (Å²) in [7, 11) is 0.920. The summed E-state index contributed by atoms with van der Waals surface area (Å²) in [6, 6.07) is 0.285. The van der Waals surface area contributed by atoms with Crippen LogP contribution in [0.4, 0.5) is 54.8 Å². The Morgan fingerprint density at radius 2 is 1.51 bits per heavy atom. The van der Waals surface area contributed by atoms with Crippen molar-refractivity contribution in [3.05, 3.63) is 62.6 Å². The standard InChI is InChI=1S/C25H22BrF9N2O4/c1-4-41-22(39)37-12(2)5-19(16-9-18(26)17(10-20(16)37)25(33,34)35)36(21(38)40-3)11-13-6-14(23(27,28)29)8-15(7-13)24(30,31)32/h6-10,12,19H,4-5,11H2,1-3H3/t12-,19+/m1/s1. The lowest BCUT2D eigenvalue weighted by molar-refractivity contribution is -0.143. The number of fused-ring (bicyclic) bond motifs is 1. The van der Waals surface area contributed by atoms with Crippen LogP contribution in [0.3, 0.4) is 0 Å². The molecular weight excluding hydrogens is 643 g/mol. The van der Waals surface area contributed by atoms with Gasteiger partial charge in [-0.2, -0.15) is 39.5 Å². The van der Waals surface area contributed by atoms with E-state index < -0.39 is 76.1 Å². The van der Waals surface area contributed by atoms with Crippen LogP contribution < -0.4 is 4.90 Å². The van der Waals surface area contributed by atoms with E-state index in [1.807, 2.05) is 0 Å². The Balaban J connectivity index is 2.23. The van der Waals surface area contributed by atoms with Crippen LogP contribution in [0.25, 0.3) is 0 Å². The molecule has 1 aliphatic rings. The number of ether oxygens (including phenoxy) is 2. The molecule has 0 saturated heterocycles. The van der Waals surface area contributed by atoms with Crippen LogP contribution in [0.2, 0.25) is 0 Å². The molecule has 0 spiro atoms. The normalized spacial score (nSPS) is 17.6. The van der Waals surface area contributed by atoms with Crippen LogP contribution in [0, 0.1) is 0 Å². The summed E-state index contributed by atoms with van der Waals surface area (Å²) >= 11 is 2.83. The predicted octanol–water partition coefficient (Wildman–Crippen LogP) is 8.57. The molecular formula is C25H22BrF9N2O4. The van der Waals surface area contributed by atoms with Gasteiger partial charge in [-0.15, -0.1) is 0 Å². The molecule has 2 atom stereocenters. The van der Waals surface area contributed by atoms with Crippen LogP contribution in [0.15, 0.2) is 34.8 Å². The van der Waals surface area contributed by atoms with Gasteiger partial charge in [-0.1, -0.05) is 15.9 Å². The first-order chi connectivity index (χ1) is 18.8. The first kappa shape index (κ1) is 32.3. The molecule has 1 aliphatic heterocycles. The highest BCUT2D eigenvalue weighted by molar-refractivity contribution is 9.10. The van der Waals surface area contributed by atoms with E-state index in [1.165, 1.54) is 13.8 Å². The highest BCUT2D eigenvalue weighted by Crippen LogP contribution is 2.47. The van der Waals surface area contributed by atoms with Gasteiger partial charge in [-0.25, -0.2) is 9.59 Å². The van der Waals surface area contributed by atoms with E-state index in [-0.39, 0.29) is 30.3 Å². The summed E-state index contributed by atoms with van der Waals surface area (Å²) in [5, 5.41) is 0. The highest BCUT2D eigenvalue weighted by Gasteiger charge is 2.43. The predicted molar refractivity (Wildman–Crippen MR) is 130 cm³/mol. The summed E-state index contributed by atoms with van der Waals surface area (Å²) in [5.41, 5.74) is -5.33. The molecule has 0 aromatic heterocycles. The van der Waals surface area contributed by atoms with Crippen molar-refractivity contribution in [1.82, 2.24) is 4.90 Å². The van der Waals surface area contributed by atoms with Gasteiger partial charge in [0.05, 0.1) is 42.1 Å². The highest BCUT2D eigenvalue weighted by atomic mass is 79.9. The molecule has 1 heterocycles. The van der Waals surface area contributed by atoms with Crippen LogP contribution in [-0.4, -0.2) is 36.8 Å². The Hall–Kier alpha value is -3.17. The van der Waals surface area contributed by atoms with Crippen molar-refractivity contribution < 1.29 is 58.6 Å². The molecule has 0 bridgehead atoms. The van der Waals surface area contributed by atoms with Gasteiger partial charge in [-0.3, -0.25) is 9.80 Å². The number of hydrogen-bond acceptors (Lipinski definition) is 4. The van der Waals surface area contributed by atoms with E-state index in [2.05, 4.69) is 15.9 Å². The van der Waals surface area contributed by atoms with Gasteiger partial charge < -0.3 is 9.47 Å². The average molecular weight is 665 g/mol. The van der Waals surface area contributed by atoms with E-state index in [0.29, 0.717) is 18.2 Å². The van der Waals surface area contributed by atoms with Crippen molar-refractivity contribution in [2.24, 2.45) is 0 Å². The second-order valence-electron chi connectivity index (χ2n) is 9.07. The Bertz CT molecular complexity index is 1280. The maximum Gasteiger partial charge on any atom is 0.417 e. The molecule has 0 fully saturated rings. The van der Waals surface area contributed by atoms with Gasteiger partial charge in [0.1, 0.15) is 0 Å². The maximum absolute atomic E-state index is 13.8. The minimum absolute atomic E-state index is 0.0514. The van der Waals surface area contributed by atoms with E-state index in [0.717, 1.165) is 23.0 Å². The smallest absolute Gasteiger partial charge is 0.417 e. The Labute approximate surface area is 236 Å². The zero-order valence-corrected chi connectivity index (χ0v) is 23.1. The van der Waals surface area contributed by atoms with Crippen LogP contribution in [-0.2, 0) is 34.5 Å². The molecule has 2 aromatic carbocycles.